The van der Waals surface area contributed by atoms with E-state index < -0.39 is 0 Å². The first-order valence-electron chi connectivity index (χ1n) is 10.2. The number of unbranched alkanes of at least 4 members (excludes halogenated alkanes) is 1. The lowest BCUT2D eigenvalue weighted by Gasteiger charge is -2.27. The van der Waals surface area contributed by atoms with Gasteiger partial charge in [0.25, 0.3) is 0 Å². The number of hydrogen-bond donors (Lipinski definition) is 0. The van der Waals surface area contributed by atoms with Crippen molar-refractivity contribution in [2.45, 2.75) is 90.8 Å². The molecule has 1 aliphatic heterocycles. The van der Waals surface area contributed by atoms with Gasteiger partial charge in [-0.05, 0) is 83.5 Å². The number of carbonyl (C=O) groups excluding carboxylic acids is 1. The molecule has 1 aliphatic carbocycles. The number of esters is 1. The van der Waals surface area contributed by atoms with E-state index in [-0.39, 0.29) is 12.3 Å². The highest BCUT2D eigenvalue weighted by Crippen LogP contribution is 2.35. The largest absolute Gasteiger partial charge is 0.466 e. The fourth-order valence-electron chi connectivity index (χ4n) is 3.99. The molecule has 1 saturated heterocycles. The highest BCUT2D eigenvalue weighted by molar-refractivity contribution is 5.65. The quantitative estimate of drug-likeness (QED) is 0.309. The third kappa shape index (κ3) is 7.91. The third-order valence-electron chi connectivity index (χ3n) is 5.52. The third-order valence-corrected chi connectivity index (χ3v) is 5.52. The van der Waals surface area contributed by atoms with Gasteiger partial charge in [0.2, 0.25) is 0 Å². The summed E-state index contributed by atoms with van der Waals surface area (Å²) in [6, 6.07) is 0. The number of ether oxygens (including phenoxy) is 3. The van der Waals surface area contributed by atoms with Crippen molar-refractivity contribution in [3.63, 3.8) is 0 Å². The Bertz CT molecular complexity index is 424. The summed E-state index contributed by atoms with van der Waals surface area (Å²) >= 11 is 0. The summed E-state index contributed by atoms with van der Waals surface area (Å²) in [6.45, 7) is 6.04. The highest BCUT2D eigenvalue weighted by Gasteiger charge is 2.19. The standard InChI is InChI=1S/C21H36O4/c1-17-19(9-3-5-14-24-21-13-4-6-15-25-21)10-7-11-20(17)12-8-16-23-18(2)22/h20-21H,3-16H2,1-2H3/t20-,21-/m1/s1. The molecule has 0 spiro atoms. The molecule has 2 aliphatic rings. The van der Waals surface area contributed by atoms with E-state index in [4.69, 9.17) is 14.2 Å². The Morgan fingerprint density at radius 3 is 2.76 bits per heavy atom. The fraction of sp³-hybridized carbons (Fsp3) is 0.857. The zero-order chi connectivity index (χ0) is 17.9. The molecule has 0 amide bonds. The van der Waals surface area contributed by atoms with Crippen LogP contribution in [0.3, 0.4) is 0 Å². The average Bonchev–Trinajstić information content (AvgIpc) is 2.61. The summed E-state index contributed by atoms with van der Waals surface area (Å²) in [4.78, 5) is 10.8. The molecule has 4 heteroatoms. The monoisotopic (exact) mass is 352 g/mol. The van der Waals surface area contributed by atoms with Crippen molar-refractivity contribution in [2.24, 2.45) is 5.92 Å². The molecule has 0 unspecified atom stereocenters. The maximum atomic E-state index is 10.8. The van der Waals surface area contributed by atoms with Gasteiger partial charge in [-0.25, -0.2) is 0 Å². The number of hydrogen-bond acceptors (Lipinski definition) is 4. The molecule has 0 aromatic heterocycles. The molecule has 1 fully saturated rings. The van der Waals surface area contributed by atoms with E-state index in [0.717, 1.165) is 38.9 Å². The van der Waals surface area contributed by atoms with Crippen LogP contribution in [-0.4, -0.2) is 32.1 Å². The molecule has 0 radical (unpaired) electrons. The van der Waals surface area contributed by atoms with Gasteiger partial charge < -0.3 is 14.2 Å². The Labute approximate surface area is 153 Å². The minimum Gasteiger partial charge on any atom is -0.466 e. The first-order valence-corrected chi connectivity index (χ1v) is 10.2. The molecule has 0 N–H and O–H groups in total. The van der Waals surface area contributed by atoms with E-state index in [9.17, 15) is 4.79 Å². The van der Waals surface area contributed by atoms with Crippen molar-refractivity contribution < 1.29 is 19.0 Å². The molecule has 2 rings (SSSR count). The van der Waals surface area contributed by atoms with Gasteiger partial charge in [0, 0.05) is 20.1 Å². The lowest BCUT2D eigenvalue weighted by atomic mass is 9.79. The van der Waals surface area contributed by atoms with Crippen LogP contribution in [-0.2, 0) is 19.0 Å². The number of rotatable bonds is 10. The average molecular weight is 353 g/mol. The minimum atomic E-state index is -0.169. The second-order valence-electron chi connectivity index (χ2n) is 7.48. The second kappa shape index (κ2) is 11.7. The smallest absolute Gasteiger partial charge is 0.302 e. The molecular formula is C21H36O4. The van der Waals surface area contributed by atoms with Crippen molar-refractivity contribution in [1.29, 1.82) is 0 Å². The molecular weight excluding hydrogens is 316 g/mol. The lowest BCUT2D eigenvalue weighted by Crippen LogP contribution is -2.22. The van der Waals surface area contributed by atoms with Crippen LogP contribution in [0.15, 0.2) is 11.1 Å². The van der Waals surface area contributed by atoms with E-state index in [0.29, 0.717) is 12.5 Å². The van der Waals surface area contributed by atoms with Crippen molar-refractivity contribution in [2.75, 3.05) is 19.8 Å². The van der Waals surface area contributed by atoms with Crippen LogP contribution in [0.2, 0.25) is 0 Å². The Morgan fingerprint density at radius 1 is 1.12 bits per heavy atom. The van der Waals surface area contributed by atoms with Crippen LogP contribution < -0.4 is 0 Å². The summed E-state index contributed by atoms with van der Waals surface area (Å²) in [5, 5.41) is 0. The zero-order valence-electron chi connectivity index (χ0n) is 16.2. The van der Waals surface area contributed by atoms with Gasteiger partial charge in [0.05, 0.1) is 6.61 Å². The summed E-state index contributed by atoms with van der Waals surface area (Å²) in [7, 11) is 0. The van der Waals surface area contributed by atoms with Crippen molar-refractivity contribution in [3.05, 3.63) is 11.1 Å². The van der Waals surface area contributed by atoms with Gasteiger partial charge in [-0.3, -0.25) is 4.79 Å². The second-order valence-corrected chi connectivity index (χ2v) is 7.48. The fourth-order valence-corrected chi connectivity index (χ4v) is 3.99. The van der Waals surface area contributed by atoms with E-state index >= 15 is 0 Å². The van der Waals surface area contributed by atoms with Crippen molar-refractivity contribution >= 4 is 5.97 Å². The van der Waals surface area contributed by atoms with Crippen LogP contribution in [0.1, 0.15) is 84.5 Å². The molecule has 0 aromatic rings. The van der Waals surface area contributed by atoms with Crippen molar-refractivity contribution in [3.8, 4) is 0 Å². The Morgan fingerprint density at radius 2 is 2.00 bits per heavy atom. The van der Waals surface area contributed by atoms with Gasteiger partial charge in [0.15, 0.2) is 6.29 Å². The predicted molar refractivity (Wildman–Crippen MR) is 99.3 cm³/mol. The molecule has 0 saturated carbocycles. The molecule has 2 atom stereocenters. The summed E-state index contributed by atoms with van der Waals surface area (Å²) < 4.78 is 16.5. The normalized spacial score (nSPS) is 24.4. The molecule has 25 heavy (non-hydrogen) atoms. The first-order chi connectivity index (χ1) is 12.2. The SMILES string of the molecule is CC(=O)OCCC[C@H]1CCCC(CCCCO[C@H]2CCCCO2)=C1C. The van der Waals surface area contributed by atoms with Gasteiger partial charge >= 0.3 is 5.97 Å². The Balaban J connectivity index is 1.61. The van der Waals surface area contributed by atoms with Gasteiger partial charge in [-0.2, -0.15) is 0 Å². The van der Waals surface area contributed by atoms with Gasteiger partial charge in [-0.1, -0.05) is 11.1 Å². The summed E-state index contributed by atoms with van der Waals surface area (Å²) in [5.41, 5.74) is 3.27. The maximum Gasteiger partial charge on any atom is 0.302 e. The first kappa shape index (κ1) is 20.4. The number of allylic oxidation sites excluding steroid dienone is 2. The van der Waals surface area contributed by atoms with Crippen LogP contribution in [0.25, 0.3) is 0 Å². The van der Waals surface area contributed by atoms with Crippen LogP contribution in [0, 0.1) is 5.92 Å². The lowest BCUT2D eigenvalue weighted by molar-refractivity contribution is -0.162. The summed E-state index contributed by atoms with van der Waals surface area (Å²) in [5.74, 6) is 0.517. The number of carbonyl (C=O) groups is 1. The molecule has 144 valence electrons. The van der Waals surface area contributed by atoms with Crippen LogP contribution in [0.4, 0.5) is 0 Å². The predicted octanol–water partition coefficient (Wildman–Crippen LogP) is 5.16. The van der Waals surface area contributed by atoms with Crippen molar-refractivity contribution in [1.82, 2.24) is 0 Å². The minimum absolute atomic E-state index is 0.0472. The van der Waals surface area contributed by atoms with Gasteiger partial charge in [-0.15, -0.1) is 0 Å². The van der Waals surface area contributed by atoms with Crippen LogP contribution >= 0.6 is 0 Å². The van der Waals surface area contributed by atoms with E-state index in [1.54, 1.807) is 11.1 Å². The zero-order valence-corrected chi connectivity index (χ0v) is 16.2. The highest BCUT2D eigenvalue weighted by atomic mass is 16.7. The van der Waals surface area contributed by atoms with E-state index in [2.05, 4.69) is 6.92 Å². The van der Waals surface area contributed by atoms with E-state index in [1.807, 2.05) is 0 Å². The topological polar surface area (TPSA) is 44.8 Å². The molecule has 0 aromatic carbocycles. The summed E-state index contributed by atoms with van der Waals surface area (Å²) in [6.07, 6.45) is 13.0. The van der Waals surface area contributed by atoms with E-state index in [1.165, 1.54) is 51.9 Å². The molecule has 1 heterocycles. The molecule has 4 nitrogen and oxygen atoms in total. The Kier molecular flexibility index (Phi) is 9.56. The Hall–Kier alpha value is -0.870. The molecule has 0 bridgehead atoms. The maximum absolute atomic E-state index is 10.8. The van der Waals surface area contributed by atoms with Gasteiger partial charge in [0.1, 0.15) is 0 Å². The van der Waals surface area contributed by atoms with Crippen LogP contribution in [0.5, 0.6) is 0 Å².